The molecule has 0 aliphatic carbocycles. The van der Waals surface area contributed by atoms with Gasteiger partial charge in [0.25, 0.3) is 0 Å². The van der Waals surface area contributed by atoms with E-state index in [0.29, 0.717) is 6.54 Å². The lowest BCUT2D eigenvalue weighted by molar-refractivity contribution is -0.143. The van der Waals surface area contributed by atoms with Crippen molar-refractivity contribution in [3.63, 3.8) is 0 Å². The van der Waals surface area contributed by atoms with Crippen LogP contribution in [0.3, 0.4) is 0 Å². The molecule has 1 unspecified atom stereocenters. The molecule has 1 N–H and O–H groups in total. The molecule has 0 saturated carbocycles. The molecule has 0 amide bonds. The summed E-state index contributed by atoms with van der Waals surface area (Å²) < 4.78 is 4.52. The number of aliphatic hydroxyl groups excluding tert-OH is 1. The van der Waals surface area contributed by atoms with Gasteiger partial charge in [-0.3, -0.25) is 9.69 Å². The number of carbonyl (C=O) groups is 1. The van der Waals surface area contributed by atoms with E-state index in [1.807, 2.05) is 18.0 Å². The molecule has 0 aromatic heterocycles. The van der Waals surface area contributed by atoms with Gasteiger partial charge >= 0.3 is 5.97 Å². The minimum atomic E-state index is -0.688. The molecule has 0 aliphatic rings. The van der Waals surface area contributed by atoms with Crippen LogP contribution in [0.25, 0.3) is 0 Å². The van der Waals surface area contributed by atoms with Crippen LogP contribution in [0.2, 0.25) is 0 Å². The van der Waals surface area contributed by atoms with Crippen LogP contribution in [-0.2, 0) is 16.1 Å². The highest BCUT2D eigenvalue weighted by atomic mass is 16.5. The van der Waals surface area contributed by atoms with Crippen LogP contribution < -0.4 is 0 Å². The lowest BCUT2D eigenvalue weighted by Gasteiger charge is -2.20. The van der Waals surface area contributed by atoms with Gasteiger partial charge in [-0.05, 0) is 19.5 Å². The molecule has 0 radical (unpaired) electrons. The fourth-order valence-electron chi connectivity index (χ4n) is 1.89. The summed E-state index contributed by atoms with van der Waals surface area (Å²) in [4.78, 5) is 13.0. The van der Waals surface area contributed by atoms with Crippen molar-refractivity contribution in [1.29, 1.82) is 0 Å². The molecule has 4 nitrogen and oxygen atoms in total. The first kappa shape index (κ1) is 14.7. The molecule has 0 saturated heterocycles. The molecule has 18 heavy (non-hydrogen) atoms. The highest BCUT2D eigenvalue weighted by Gasteiger charge is 2.13. The van der Waals surface area contributed by atoms with Crippen molar-refractivity contribution in [2.45, 2.75) is 26.0 Å². The van der Waals surface area contributed by atoms with Crippen molar-refractivity contribution in [1.82, 2.24) is 4.90 Å². The Morgan fingerprint density at radius 3 is 2.83 bits per heavy atom. The first-order valence-electron chi connectivity index (χ1n) is 6.00. The number of aliphatic hydroxyl groups is 1. The number of hydrogen-bond donors (Lipinski definition) is 1. The van der Waals surface area contributed by atoms with Crippen LogP contribution in [0.4, 0.5) is 0 Å². The van der Waals surface area contributed by atoms with Gasteiger partial charge in [0.15, 0.2) is 0 Å². The first-order chi connectivity index (χ1) is 8.51. The van der Waals surface area contributed by atoms with E-state index in [9.17, 15) is 9.90 Å². The largest absolute Gasteiger partial charge is 0.469 e. The van der Waals surface area contributed by atoms with Crippen molar-refractivity contribution in [3.05, 3.63) is 35.4 Å². The molecular formula is C14H21NO3. The number of benzene rings is 1. The van der Waals surface area contributed by atoms with Crippen molar-refractivity contribution in [2.75, 3.05) is 20.7 Å². The highest BCUT2D eigenvalue weighted by molar-refractivity contribution is 5.69. The minimum Gasteiger partial charge on any atom is -0.469 e. The summed E-state index contributed by atoms with van der Waals surface area (Å²) in [7, 11) is 3.24. The Balaban J connectivity index is 2.41. The normalized spacial score (nSPS) is 12.5. The van der Waals surface area contributed by atoms with E-state index in [0.717, 1.165) is 6.54 Å². The van der Waals surface area contributed by atoms with E-state index in [2.05, 4.69) is 29.9 Å². The number of hydrogen-bond acceptors (Lipinski definition) is 4. The Hall–Kier alpha value is -1.39. The molecule has 0 aliphatic heterocycles. The van der Waals surface area contributed by atoms with E-state index in [4.69, 9.17) is 0 Å². The quantitative estimate of drug-likeness (QED) is 0.775. The fraction of sp³-hybridized carbons (Fsp3) is 0.500. The molecule has 1 aromatic carbocycles. The Labute approximate surface area is 108 Å². The molecule has 1 atom stereocenters. The maximum absolute atomic E-state index is 11.0. The van der Waals surface area contributed by atoms with Crippen LogP contribution in [0.1, 0.15) is 17.5 Å². The van der Waals surface area contributed by atoms with Crippen molar-refractivity contribution < 1.29 is 14.6 Å². The molecule has 1 aromatic rings. The number of esters is 1. The smallest absolute Gasteiger partial charge is 0.308 e. The van der Waals surface area contributed by atoms with Crippen LogP contribution in [0.5, 0.6) is 0 Å². The fourth-order valence-corrected chi connectivity index (χ4v) is 1.89. The van der Waals surface area contributed by atoms with E-state index < -0.39 is 6.10 Å². The summed E-state index contributed by atoms with van der Waals surface area (Å²) in [5.41, 5.74) is 2.42. The molecule has 0 fully saturated rings. The van der Waals surface area contributed by atoms with Gasteiger partial charge in [-0.2, -0.15) is 0 Å². The zero-order valence-corrected chi connectivity index (χ0v) is 11.2. The van der Waals surface area contributed by atoms with Crippen LogP contribution in [0, 0.1) is 6.92 Å². The summed E-state index contributed by atoms with van der Waals surface area (Å²) in [5.74, 6) is -0.383. The molecule has 4 heteroatoms. The summed E-state index contributed by atoms with van der Waals surface area (Å²) in [6, 6.07) is 8.23. The van der Waals surface area contributed by atoms with E-state index >= 15 is 0 Å². The third kappa shape index (κ3) is 5.29. The first-order valence-corrected chi connectivity index (χ1v) is 6.00. The Morgan fingerprint density at radius 1 is 1.50 bits per heavy atom. The van der Waals surface area contributed by atoms with Gasteiger partial charge in [0.1, 0.15) is 0 Å². The van der Waals surface area contributed by atoms with Gasteiger partial charge in [0, 0.05) is 13.1 Å². The molecule has 100 valence electrons. The average Bonchev–Trinajstić information content (AvgIpc) is 2.28. The number of ether oxygens (including phenoxy) is 1. The number of aryl methyl sites for hydroxylation is 1. The van der Waals surface area contributed by atoms with Gasteiger partial charge in [0.05, 0.1) is 19.6 Å². The van der Waals surface area contributed by atoms with Gasteiger partial charge in [-0.25, -0.2) is 0 Å². The van der Waals surface area contributed by atoms with Crippen molar-refractivity contribution >= 4 is 5.97 Å². The predicted octanol–water partition coefficient (Wildman–Crippen LogP) is 1.35. The zero-order valence-electron chi connectivity index (χ0n) is 11.2. The Bertz CT molecular complexity index is 392. The number of likely N-dealkylation sites (N-methyl/N-ethyl adjacent to an activating group) is 1. The monoisotopic (exact) mass is 251 g/mol. The average molecular weight is 251 g/mol. The van der Waals surface area contributed by atoms with Gasteiger partial charge < -0.3 is 9.84 Å². The molecule has 0 heterocycles. The second-order valence-corrected chi connectivity index (χ2v) is 4.62. The van der Waals surface area contributed by atoms with Crippen molar-refractivity contribution in [3.8, 4) is 0 Å². The summed E-state index contributed by atoms with van der Waals surface area (Å²) in [6.45, 7) is 3.25. The maximum atomic E-state index is 11.0. The third-order valence-electron chi connectivity index (χ3n) is 2.69. The van der Waals surface area contributed by atoms with Crippen molar-refractivity contribution in [2.24, 2.45) is 0 Å². The molecular weight excluding hydrogens is 230 g/mol. The standard InChI is InChI=1S/C14H21NO3/c1-11-5-4-6-12(7-11)9-15(2)10-13(16)8-14(17)18-3/h4-7,13,16H,8-10H2,1-3H3. The van der Waals surface area contributed by atoms with Gasteiger partial charge in [-0.15, -0.1) is 0 Å². The summed E-state index contributed by atoms with van der Waals surface area (Å²) in [6.07, 6.45) is -0.651. The second kappa shape index (κ2) is 7.13. The van der Waals surface area contributed by atoms with Crippen LogP contribution >= 0.6 is 0 Å². The third-order valence-corrected chi connectivity index (χ3v) is 2.69. The predicted molar refractivity (Wildman–Crippen MR) is 70.2 cm³/mol. The second-order valence-electron chi connectivity index (χ2n) is 4.62. The summed E-state index contributed by atoms with van der Waals surface area (Å²) >= 11 is 0. The zero-order chi connectivity index (χ0) is 13.5. The topological polar surface area (TPSA) is 49.8 Å². The maximum Gasteiger partial charge on any atom is 0.308 e. The highest BCUT2D eigenvalue weighted by Crippen LogP contribution is 2.07. The van der Waals surface area contributed by atoms with E-state index in [1.54, 1.807) is 0 Å². The number of nitrogens with zero attached hydrogens (tertiary/aromatic N) is 1. The van der Waals surface area contributed by atoms with Crippen LogP contribution in [0.15, 0.2) is 24.3 Å². The Kier molecular flexibility index (Phi) is 5.82. The molecule has 1 rings (SSSR count). The van der Waals surface area contributed by atoms with E-state index in [-0.39, 0.29) is 12.4 Å². The SMILES string of the molecule is COC(=O)CC(O)CN(C)Cc1cccc(C)c1. The lowest BCUT2D eigenvalue weighted by Crippen LogP contribution is -2.30. The number of rotatable bonds is 6. The summed E-state index contributed by atoms with van der Waals surface area (Å²) in [5, 5.41) is 9.71. The molecule has 0 spiro atoms. The number of carbonyl (C=O) groups excluding carboxylic acids is 1. The number of methoxy groups -OCH3 is 1. The van der Waals surface area contributed by atoms with E-state index in [1.165, 1.54) is 18.2 Å². The van der Waals surface area contributed by atoms with Gasteiger partial charge in [0.2, 0.25) is 0 Å². The minimum absolute atomic E-state index is 0.0364. The lowest BCUT2D eigenvalue weighted by atomic mass is 10.1. The molecule has 0 bridgehead atoms. The Morgan fingerprint density at radius 2 is 2.22 bits per heavy atom. The van der Waals surface area contributed by atoms with Crippen LogP contribution in [-0.4, -0.2) is 42.8 Å². The van der Waals surface area contributed by atoms with Gasteiger partial charge in [-0.1, -0.05) is 29.8 Å².